The van der Waals surface area contributed by atoms with Gasteiger partial charge < -0.3 is 34.7 Å². The van der Waals surface area contributed by atoms with E-state index in [1.807, 2.05) is 24.3 Å². The van der Waals surface area contributed by atoms with Crippen LogP contribution in [-0.4, -0.2) is 95.4 Å². The number of H-pyrrole nitrogens is 1. The molecule has 0 aliphatic carbocycles. The lowest BCUT2D eigenvalue weighted by Crippen LogP contribution is -2.36. The standard InChI is InChI=1S/C31H47N7O5/c1-4-5-19-43-30-34-28(32)27-29(35-30)38(31(40)33-27)17-12-23-10-15-37(16-11-23)14-7-13-36(2)18-20-42-25-9-6-8-24(21-25)22-26(39)41-3/h6,8-9,21,23H,4-5,7,10-20,22H2,1-3H3,(H,33,40)(H2,32,34,35). The first-order chi connectivity index (χ1) is 20.9. The van der Waals surface area contributed by atoms with Gasteiger partial charge in [-0.25, -0.2) is 4.79 Å². The molecule has 3 heterocycles. The van der Waals surface area contributed by atoms with Crippen molar-refractivity contribution in [3.05, 3.63) is 40.3 Å². The first-order valence-corrected chi connectivity index (χ1v) is 15.4. The average molecular weight is 598 g/mol. The molecule has 3 N–H and O–H groups in total. The number of nitrogen functional groups attached to an aromatic ring is 1. The number of carbonyl (C=O) groups excluding carboxylic acids is 1. The van der Waals surface area contributed by atoms with Crippen LogP contribution in [0.3, 0.4) is 0 Å². The summed E-state index contributed by atoms with van der Waals surface area (Å²) < 4.78 is 18.0. The number of rotatable bonds is 17. The Balaban J connectivity index is 1.13. The smallest absolute Gasteiger partial charge is 0.327 e. The van der Waals surface area contributed by atoms with Gasteiger partial charge in [-0.1, -0.05) is 25.5 Å². The van der Waals surface area contributed by atoms with Crippen LogP contribution in [0.4, 0.5) is 5.82 Å². The summed E-state index contributed by atoms with van der Waals surface area (Å²) in [4.78, 5) is 40.5. The highest BCUT2D eigenvalue weighted by Gasteiger charge is 2.21. The van der Waals surface area contributed by atoms with Crippen molar-refractivity contribution >= 4 is 23.0 Å². The molecule has 0 bridgehead atoms. The molecule has 236 valence electrons. The van der Waals surface area contributed by atoms with Crippen molar-refractivity contribution in [3.8, 4) is 11.8 Å². The zero-order valence-corrected chi connectivity index (χ0v) is 25.8. The number of likely N-dealkylation sites (tertiary alicyclic amines) is 1. The molecule has 1 aliphatic heterocycles. The number of hydrogen-bond donors (Lipinski definition) is 2. The largest absolute Gasteiger partial charge is 0.492 e. The Bertz CT molecular complexity index is 1370. The van der Waals surface area contributed by atoms with Crippen molar-refractivity contribution in [1.29, 1.82) is 0 Å². The van der Waals surface area contributed by atoms with E-state index in [9.17, 15) is 9.59 Å². The van der Waals surface area contributed by atoms with E-state index in [2.05, 4.69) is 38.7 Å². The maximum absolute atomic E-state index is 12.7. The quantitative estimate of drug-likeness (QED) is 0.176. The van der Waals surface area contributed by atoms with Crippen LogP contribution in [0.25, 0.3) is 11.2 Å². The number of unbranched alkanes of at least 4 members (excludes halogenated alkanes) is 1. The third-order valence-corrected chi connectivity index (χ3v) is 8.06. The Morgan fingerprint density at radius 1 is 1.12 bits per heavy atom. The molecule has 12 nitrogen and oxygen atoms in total. The number of anilines is 1. The van der Waals surface area contributed by atoms with Crippen molar-refractivity contribution in [2.45, 2.75) is 58.4 Å². The van der Waals surface area contributed by atoms with Gasteiger partial charge in [0.2, 0.25) is 0 Å². The summed E-state index contributed by atoms with van der Waals surface area (Å²) in [6.07, 6.45) is 6.43. The van der Waals surface area contributed by atoms with Crippen molar-refractivity contribution in [1.82, 2.24) is 29.3 Å². The van der Waals surface area contributed by atoms with Gasteiger partial charge in [0.15, 0.2) is 11.5 Å². The minimum absolute atomic E-state index is 0.208. The lowest BCUT2D eigenvalue weighted by molar-refractivity contribution is -0.139. The van der Waals surface area contributed by atoms with Crippen molar-refractivity contribution in [2.24, 2.45) is 5.92 Å². The number of carbonyl (C=O) groups is 1. The monoisotopic (exact) mass is 597 g/mol. The predicted octanol–water partition coefficient (Wildman–Crippen LogP) is 3.10. The molecule has 2 aromatic heterocycles. The number of aryl methyl sites for hydroxylation is 1. The number of benzene rings is 1. The number of imidazole rings is 1. The van der Waals surface area contributed by atoms with E-state index in [0.717, 1.165) is 82.6 Å². The molecule has 43 heavy (non-hydrogen) atoms. The molecule has 4 rings (SSSR count). The van der Waals surface area contributed by atoms with Gasteiger partial charge in [-0.15, -0.1) is 0 Å². The SMILES string of the molecule is CCCCOc1nc(N)c2[nH]c(=O)n(CCC3CCN(CCCN(C)CCOc4cccc(CC(=O)OC)c4)CC3)c2n1. The maximum atomic E-state index is 12.7. The Hall–Kier alpha value is -3.64. The molecular formula is C31H47N7O5. The lowest BCUT2D eigenvalue weighted by Gasteiger charge is -2.32. The Labute approximate surface area is 253 Å². The molecule has 0 saturated carbocycles. The third kappa shape index (κ3) is 9.69. The van der Waals surface area contributed by atoms with Gasteiger partial charge in [0.1, 0.15) is 17.9 Å². The molecule has 0 radical (unpaired) electrons. The summed E-state index contributed by atoms with van der Waals surface area (Å²) in [7, 11) is 3.52. The molecule has 1 aliphatic rings. The molecule has 1 aromatic carbocycles. The highest BCUT2D eigenvalue weighted by molar-refractivity contribution is 5.81. The minimum atomic E-state index is -0.257. The van der Waals surface area contributed by atoms with Crippen LogP contribution in [0.2, 0.25) is 0 Å². The van der Waals surface area contributed by atoms with E-state index in [4.69, 9.17) is 19.9 Å². The number of nitrogens with zero attached hydrogens (tertiary/aromatic N) is 5. The summed E-state index contributed by atoms with van der Waals surface area (Å²) in [5, 5.41) is 0. The molecule has 12 heteroatoms. The number of likely N-dealkylation sites (N-methyl/N-ethyl adjacent to an activating group) is 1. The number of piperidine rings is 1. The van der Waals surface area contributed by atoms with Crippen LogP contribution in [0.1, 0.15) is 51.0 Å². The number of aromatic amines is 1. The average Bonchev–Trinajstić information content (AvgIpc) is 3.32. The van der Waals surface area contributed by atoms with Gasteiger partial charge in [0.25, 0.3) is 0 Å². The van der Waals surface area contributed by atoms with E-state index in [1.54, 1.807) is 4.57 Å². The molecule has 1 saturated heterocycles. The van der Waals surface area contributed by atoms with E-state index < -0.39 is 0 Å². The molecular weight excluding hydrogens is 550 g/mol. The van der Waals surface area contributed by atoms with Gasteiger partial charge in [0.05, 0.1) is 20.1 Å². The fourth-order valence-electron chi connectivity index (χ4n) is 5.40. The molecule has 0 unspecified atom stereocenters. The Morgan fingerprint density at radius 2 is 1.93 bits per heavy atom. The highest BCUT2D eigenvalue weighted by atomic mass is 16.5. The summed E-state index contributed by atoms with van der Waals surface area (Å²) >= 11 is 0. The van der Waals surface area contributed by atoms with Crippen LogP contribution in [0.5, 0.6) is 11.8 Å². The van der Waals surface area contributed by atoms with E-state index >= 15 is 0 Å². The Morgan fingerprint density at radius 3 is 2.70 bits per heavy atom. The van der Waals surface area contributed by atoms with Crippen LogP contribution in [-0.2, 0) is 22.5 Å². The summed E-state index contributed by atoms with van der Waals surface area (Å²) in [5.41, 5.74) is 7.75. The topological polar surface area (TPSA) is 141 Å². The highest BCUT2D eigenvalue weighted by Crippen LogP contribution is 2.23. The minimum Gasteiger partial charge on any atom is -0.492 e. The fourth-order valence-corrected chi connectivity index (χ4v) is 5.40. The van der Waals surface area contributed by atoms with Crippen LogP contribution < -0.4 is 20.9 Å². The summed E-state index contributed by atoms with van der Waals surface area (Å²) in [5.74, 6) is 1.32. The number of methoxy groups -OCH3 is 1. The zero-order valence-electron chi connectivity index (χ0n) is 25.8. The first-order valence-electron chi connectivity index (χ1n) is 15.4. The number of ether oxygens (including phenoxy) is 3. The van der Waals surface area contributed by atoms with Crippen LogP contribution >= 0.6 is 0 Å². The Kier molecular flexibility index (Phi) is 12.2. The number of nitrogens with two attached hydrogens (primary N) is 1. The molecule has 1 fully saturated rings. The van der Waals surface area contributed by atoms with Gasteiger partial charge in [-0.2, -0.15) is 9.97 Å². The number of hydrogen-bond acceptors (Lipinski definition) is 10. The van der Waals surface area contributed by atoms with E-state index in [1.165, 1.54) is 7.11 Å². The van der Waals surface area contributed by atoms with Crippen LogP contribution in [0.15, 0.2) is 29.1 Å². The zero-order chi connectivity index (χ0) is 30.6. The van der Waals surface area contributed by atoms with Crippen molar-refractivity contribution < 1.29 is 19.0 Å². The second kappa shape index (κ2) is 16.3. The van der Waals surface area contributed by atoms with Crippen LogP contribution in [0, 0.1) is 5.92 Å². The number of nitrogens with one attached hydrogen (secondary N) is 1. The molecule has 0 amide bonds. The van der Waals surface area contributed by atoms with Gasteiger partial charge in [-0.05, 0) is 88.9 Å². The van der Waals surface area contributed by atoms with Gasteiger partial charge >= 0.3 is 17.7 Å². The molecule has 0 spiro atoms. The lowest BCUT2D eigenvalue weighted by atomic mass is 9.93. The first kappa shape index (κ1) is 32.3. The third-order valence-electron chi connectivity index (χ3n) is 8.06. The van der Waals surface area contributed by atoms with E-state index in [0.29, 0.717) is 36.8 Å². The normalized spacial score (nSPS) is 14.4. The number of esters is 1. The van der Waals surface area contributed by atoms with Gasteiger partial charge in [0, 0.05) is 13.1 Å². The molecule has 3 aromatic rings. The van der Waals surface area contributed by atoms with E-state index in [-0.39, 0.29) is 29.9 Å². The van der Waals surface area contributed by atoms with Gasteiger partial charge in [-0.3, -0.25) is 9.36 Å². The summed E-state index contributed by atoms with van der Waals surface area (Å²) in [6, 6.07) is 7.82. The number of fused-ring (bicyclic) bond motifs is 1. The second-order valence-electron chi connectivity index (χ2n) is 11.4. The second-order valence-corrected chi connectivity index (χ2v) is 11.4. The van der Waals surface area contributed by atoms with Crippen molar-refractivity contribution in [3.63, 3.8) is 0 Å². The predicted molar refractivity (Wildman–Crippen MR) is 167 cm³/mol. The fraction of sp³-hybridized carbons (Fsp3) is 0.613. The molecule has 0 atom stereocenters. The maximum Gasteiger partial charge on any atom is 0.327 e. The number of aromatic nitrogens is 4. The van der Waals surface area contributed by atoms with Crippen molar-refractivity contribution in [2.75, 3.05) is 65.8 Å². The summed E-state index contributed by atoms with van der Waals surface area (Å²) in [6.45, 7) is 8.86.